The SMILES string of the molecule is CCN(c1cc(CNC(C)C)ccn1)C1CCCC1. The first kappa shape index (κ1) is 14.3. The molecule has 3 nitrogen and oxygen atoms in total. The number of hydrogen-bond acceptors (Lipinski definition) is 3. The molecule has 0 radical (unpaired) electrons. The average Bonchev–Trinajstić information content (AvgIpc) is 2.92. The van der Waals surface area contributed by atoms with Crippen LogP contribution in [0.25, 0.3) is 0 Å². The van der Waals surface area contributed by atoms with Crippen LogP contribution < -0.4 is 10.2 Å². The van der Waals surface area contributed by atoms with Crippen molar-refractivity contribution < 1.29 is 0 Å². The molecule has 1 aliphatic rings. The second kappa shape index (κ2) is 6.90. The van der Waals surface area contributed by atoms with E-state index in [2.05, 4.69) is 48.1 Å². The van der Waals surface area contributed by atoms with Crippen molar-refractivity contribution in [1.29, 1.82) is 0 Å². The van der Waals surface area contributed by atoms with Crippen molar-refractivity contribution in [2.45, 2.75) is 65.1 Å². The van der Waals surface area contributed by atoms with Crippen molar-refractivity contribution in [1.82, 2.24) is 10.3 Å². The van der Waals surface area contributed by atoms with Gasteiger partial charge in [0.25, 0.3) is 0 Å². The van der Waals surface area contributed by atoms with Gasteiger partial charge in [0.05, 0.1) is 0 Å². The van der Waals surface area contributed by atoms with Crippen LogP contribution in [-0.4, -0.2) is 23.6 Å². The molecule has 2 rings (SSSR count). The molecule has 1 fully saturated rings. The third kappa shape index (κ3) is 3.93. The first-order chi connectivity index (χ1) is 9.20. The van der Waals surface area contributed by atoms with E-state index in [9.17, 15) is 0 Å². The predicted octanol–water partition coefficient (Wildman–Crippen LogP) is 3.35. The Bertz CT molecular complexity index is 383. The standard InChI is InChI=1S/C16H27N3/c1-4-19(15-7-5-6-8-15)16-11-14(9-10-17-16)12-18-13(2)3/h9-11,13,15,18H,4-8,12H2,1-3H3. The molecule has 0 saturated heterocycles. The minimum absolute atomic E-state index is 0.522. The summed E-state index contributed by atoms with van der Waals surface area (Å²) < 4.78 is 0. The molecule has 1 saturated carbocycles. The van der Waals surface area contributed by atoms with Crippen molar-refractivity contribution in [3.8, 4) is 0 Å². The van der Waals surface area contributed by atoms with E-state index in [1.165, 1.54) is 31.2 Å². The van der Waals surface area contributed by atoms with Gasteiger partial charge in [-0.3, -0.25) is 0 Å². The van der Waals surface area contributed by atoms with Crippen LogP contribution in [0.4, 0.5) is 5.82 Å². The molecule has 0 bridgehead atoms. The van der Waals surface area contributed by atoms with E-state index in [-0.39, 0.29) is 0 Å². The smallest absolute Gasteiger partial charge is 0.129 e. The highest BCUT2D eigenvalue weighted by Crippen LogP contribution is 2.27. The Morgan fingerprint density at radius 2 is 2.11 bits per heavy atom. The van der Waals surface area contributed by atoms with Gasteiger partial charge in [0.1, 0.15) is 5.82 Å². The monoisotopic (exact) mass is 261 g/mol. The molecule has 1 heterocycles. The number of pyridine rings is 1. The highest BCUT2D eigenvalue weighted by atomic mass is 15.2. The summed E-state index contributed by atoms with van der Waals surface area (Å²) in [6.45, 7) is 8.57. The number of hydrogen-bond donors (Lipinski definition) is 1. The van der Waals surface area contributed by atoms with Crippen LogP contribution in [0.1, 0.15) is 52.0 Å². The van der Waals surface area contributed by atoms with Crippen LogP contribution in [-0.2, 0) is 6.54 Å². The number of anilines is 1. The lowest BCUT2D eigenvalue weighted by atomic mass is 10.2. The summed E-state index contributed by atoms with van der Waals surface area (Å²) in [5.74, 6) is 1.15. The second-order valence-corrected chi connectivity index (χ2v) is 5.78. The zero-order valence-electron chi connectivity index (χ0n) is 12.5. The molecule has 106 valence electrons. The highest BCUT2D eigenvalue weighted by Gasteiger charge is 2.22. The lowest BCUT2D eigenvalue weighted by molar-refractivity contribution is 0.586. The fourth-order valence-corrected chi connectivity index (χ4v) is 2.87. The van der Waals surface area contributed by atoms with E-state index in [1.54, 1.807) is 0 Å². The quantitative estimate of drug-likeness (QED) is 0.851. The maximum absolute atomic E-state index is 4.58. The maximum atomic E-state index is 4.58. The Balaban J connectivity index is 2.07. The largest absolute Gasteiger partial charge is 0.354 e. The van der Waals surface area contributed by atoms with Crippen LogP contribution in [0, 0.1) is 0 Å². The fraction of sp³-hybridized carbons (Fsp3) is 0.688. The Labute approximate surface area is 117 Å². The number of rotatable bonds is 6. The topological polar surface area (TPSA) is 28.2 Å². The molecule has 3 heteroatoms. The van der Waals surface area contributed by atoms with Crippen molar-refractivity contribution in [3.05, 3.63) is 23.9 Å². The van der Waals surface area contributed by atoms with Crippen molar-refractivity contribution in [2.24, 2.45) is 0 Å². The summed E-state index contributed by atoms with van der Waals surface area (Å²) in [4.78, 5) is 7.06. The molecule has 1 aromatic rings. The zero-order chi connectivity index (χ0) is 13.7. The molecule has 0 amide bonds. The van der Waals surface area contributed by atoms with Crippen molar-refractivity contribution in [3.63, 3.8) is 0 Å². The summed E-state index contributed by atoms with van der Waals surface area (Å²) >= 11 is 0. The lowest BCUT2D eigenvalue weighted by Crippen LogP contribution is -2.33. The van der Waals surface area contributed by atoms with Crippen molar-refractivity contribution >= 4 is 5.82 Å². The fourth-order valence-electron chi connectivity index (χ4n) is 2.87. The van der Waals surface area contributed by atoms with Gasteiger partial charge >= 0.3 is 0 Å². The molecule has 19 heavy (non-hydrogen) atoms. The summed E-state index contributed by atoms with van der Waals surface area (Å²) in [7, 11) is 0. The predicted molar refractivity (Wildman–Crippen MR) is 81.5 cm³/mol. The van der Waals surface area contributed by atoms with Crippen LogP contribution in [0.5, 0.6) is 0 Å². The van der Waals surface area contributed by atoms with Gasteiger partial charge in [0, 0.05) is 31.4 Å². The molecular formula is C16H27N3. The lowest BCUT2D eigenvalue weighted by Gasteiger charge is -2.29. The third-order valence-corrected chi connectivity index (χ3v) is 3.92. The molecule has 0 aliphatic heterocycles. The van der Waals surface area contributed by atoms with Gasteiger partial charge in [-0.2, -0.15) is 0 Å². The average molecular weight is 261 g/mol. The second-order valence-electron chi connectivity index (χ2n) is 5.78. The molecule has 1 aromatic heterocycles. The van der Waals surface area contributed by atoms with E-state index in [4.69, 9.17) is 0 Å². The first-order valence-corrected chi connectivity index (χ1v) is 7.65. The summed E-state index contributed by atoms with van der Waals surface area (Å²) in [5.41, 5.74) is 1.33. The normalized spacial score (nSPS) is 16.2. The summed E-state index contributed by atoms with van der Waals surface area (Å²) in [6, 6.07) is 5.58. The van der Waals surface area contributed by atoms with Gasteiger partial charge in [0.15, 0.2) is 0 Å². The molecule has 1 N–H and O–H groups in total. The zero-order valence-corrected chi connectivity index (χ0v) is 12.5. The van der Waals surface area contributed by atoms with Crippen LogP contribution in [0.15, 0.2) is 18.3 Å². The van der Waals surface area contributed by atoms with Gasteiger partial charge < -0.3 is 10.2 Å². The van der Waals surface area contributed by atoms with Gasteiger partial charge in [-0.15, -0.1) is 0 Å². The van der Waals surface area contributed by atoms with Crippen LogP contribution >= 0.6 is 0 Å². The molecular weight excluding hydrogens is 234 g/mol. The molecule has 0 unspecified atom stereocenters. The maximum Gasteiger partial charge on any atom is 0.129 e. The molecule has 0 atom stereocenters. The van der Waals surface area contributed by atoms with E-state index in [0.29, 0.717) is 12.1 Å². The summed E-state index contributed by atoms with van der Waals surface area (Å²) in [6.07, 6.45) is 7.34. The minimum Gasteiger partial charge on any atom is -0.354 e. The first-order valence-electron chi connectivity index (χ1n) is 7.65. The highest BCUT2D eigenvalue weighted by molar-refractivity contribution is 5.42. The number of nitrogens with one attached hydrogen (secondary N) is 1. The Morgan fingerprint density at radius 3 is 2.74 bits per heavy atom. The van der Waals surface area contributed by atoms with Gasteiger partial charge in [-0.25, -0.2) is 4.98 Å². The van der Waals surface area contributed by atoms with E-state index in [1.807, 2.05) is 6.20 Å². The van der Waals surface area contributed by atoms with Crippen molar-refractivity contribution in [2.75, 3.05) is 11.4 Å². The van der Waals surface area contributed by atoms with Crippen LogP contribution in [0.2, 0.25) is 0 Å². The third-order valence-electron chi connectivity index (χ3n) is 3.92. The number of nitrogens with zero attached hydrogens (tertiary/aromatic N) is 2. The summed E-state index contributed by atoms with van der Waals surface area (Å²) in [5, 5.41) is 3.47. The van der Waals surface area contributed by atoms with E-state index in [0.717, 1.165) is 18.9 Å². The minimum atomic E-state index is 0.522. The molecule has 1 aliphatic carbocycles. The van der Waals surface area contributed by atoms with Crippen LogP contribution in [0.3, 0.4) is 0 Å². The van der Waals surface area contributed by atoms with Gasteiger partial charge in [-0.1, -0.05) is 26.7 Å². The number of aromatic nitrogens is 1. The van der Waals surface area contributed by atoms with E-state index < -0.39 is 0 Å². The molecule has 0 spiro atoms. The van der Waals surface area contributed by atoms with E-state index >= 15 is 0 Å². The van der Waals surface area contributed by atoms with Gasteiger partial charge in [0.2, 0.25) is 0 Å². The molecule has 0 aromatic carbocycles. The van der Waals surface area contributed by atoms with Gasteiger partial charge in [-0.05, 0) is 37.5 Å². The Kier molecular flexibility index (Phi) is 5.20. The Morgan fingerprint density at radius 1 is 1.37 bits per heavy atom. The Hall–Kier alpha value is -1.09.